The van der Waals surface area contributed by atoms with Gasteiger partial charge >= 0.3 is 5.97 Å². The highest BCUT2D eigenvalue weighted by atomic mass is 16.4. The second-order valence-electron chi connectivity index (χ2n) is 4.07. The van der Waals surface area contributed by atoms with E-state index in [1.54, 1.807) is 0 Å². The van der Waals surface area contributed by atoms with Crippen molar-refractivity contribution in [1.82, 2.24) is 19.7 Å². The van der Waals surface area contributed by atoms with Crippen LogP contribution < -0.4 is 0 Å². The molecule has 0 fully saturated rings. The molecule has 7 nitrogen and oxygen atoms in total. The van der Waals surface area contributed by atoms with Gasteiger partial charge in [0.1, 0.15) is 11.6 Å². The molecule has 20 heavy (non-hydrogen) atoms. The van der Waals surface area contributed by atoms with E-state index in [9.17, 15) is 9.90 Å². The van der Waals surface area contributed by atoms with Gasteiger partial charge in [0, 0.05) is 12.4 Å². The van der Waals surface area contributed by atoms with Crippen molar-refractivity contribution in [2.45, 2.75) is 26.7 Å². The van der Waals surface area contributed by atoms with Gasteiger partial charge < -0.3 is 5.11 Å². The zero-order valence-electron chi connectivity index (χ0n) is 11.2. The Morgan fingerprint density at radius 3 is 2.70 bits per heavy atom. The molecule has 0 aliphatic carbocycles. The molecule has 2 rings (SSSR count). The van der Waals surface area contributed by atoms with E-state index < -0.39 is 5.97 Å². The summed E-state index contributed by atoms with van der Waals surface area (Å²) < 4.78 is 1.34. The van der Waals surface area contributed by atoms with Gasteiger partial charge in [-0.15, -0.1) is 5.10 Å². The molecule has 0 aliphatic heterocycles. The molecule has 0 saturated carbocycles. The predicted molar refractivity (Wildman–Crippen MR) is 69.6 cm³/mol. The number of aromatic nitrogens is 4. The number of carbonyl (C=O) groups is 1. The van der Waals surface area contributed by atoms with Gasteiger partial charge in [0.05, 0.1) is 5.69 Å². The first kappa shape index (κ1) is 13.7. The average Bonchev–Trinajstić information content (AvgIpc) is 2.93. The summed E-state index contributed by atoms with van der Waals surface area (Å²) in [5, 5.41) is 26.5. The van der Waals surface area contributed by atoms with Crippen molar-refractivity contribution >= 4 is 5.97 Å². The minimum Gasteiger partial charge on any atom is -0.478 e. The third-order valence-electron chi connectivity index (χ3n) is 3.01. The number of hydrogen-bond acceptors (Lipinski definition) is 5. The zero-order chi connectivity index (χ0) is 14.7. The fraction of sp³-hybridized carbons (Fsp3) is 0.308. The molecular formula is C13H13N5O2. The molecule has 0 saturated heterocycles. The third kappa shape index (κ3) is 2.12. The highest BCUT2D eigenvalue weighted by molar-refractivity contribution is 5.93. The summed E-state index contributed by atoms with van der Waals surface area (Å²) in [6.07, 6.45) is 4.06. The van der Waals surface area contributed by atoms with Crippen LogP contribution in [-0.4, -0.2) is 30.8 Å². The van der Waals surface area contributed by atoms with Gasteiger partial charge in [0.15, 0.2) is 5.82 Å². The van der Waals surface area contributed by atoms with Crippen molar-refractivity contribution in [2.24, 2.45) is 0 Å². The van der Waals surface area contributed by atoms with Crippen molar-refractivity contribution in [3.8, 4) is 11.9 Å². The van der Waals surface area contributed by atoms with Crippen molar-refractivity contribution in [3.05, 3.63) is 35.0 Å². The average molecular weight is 271 g/mol. The summed E-state index contributed by atoms with van der Waals surface area (Å²) in [6.45, 7) is 3.76. The molecule has 2 aromatic rings. The lowest BCUT2D eigenvalue weighted by molar-refractivity contribution is 0.0695. The van der Waals surface area contributed by atoms with Crippen LogP contribution in [0.1, 0.15) is 41.3 Å². The molecule has 1 N–H and O–H groups in total. The lowest BCUT2D eigenvalue weighted by Crippen LogP contribution is -2.16. The lowest BCUT2D eigenvalue weighted by Gasteiger charge is -2.12. The largest absolute Gasteiger partial charge is 0.478 e. The molecule has 7 heteroatoms. The van der Waals surface area contributed by atoms with Gasteiger partial charge in [-0.05, 0) is 18.4 Å². The van der Waals surface area contributed by atoms with Crippen LogP contribution in [-0.2, 0) is 12.8 Å². The maximum atomic E-state index is 11.6. The van der Waals surface area contributed by atoms with Gasteiger partial charge in [0.2, 0.25) is 5.82 Å². The van der Waals surface area contributed by atoms with E-state index in [-0.39, 0.29) is 17.2 Å². The maximum Gasteiger partial charge on any atom is 0.339 e. The second kappa shape index (κ2) is 5.48. The smallest absolute Gasteiger partial charge is 0.339 e. The van der Waals surface area contributed by atoms with Crippen molar-refractivity contribution in [3.63, 3.8) is 0 Å². The number of aromatic carboxylic acids is 1. The van der Waals surface area contributed by atoms with Crippen molar-refractivity contribution in [1.29, 1.82) is 5.26 Å². The van der Waals surface area contributed by atoms with E-state index in [0.717, 1.165) is 0 Å². The van der Waals surface area contributed by atoms with Gasteiger partial charge in [-0.3, -0.25) is 4.57 Å². The van der Waals surface area contributed by atoms with Crippen LogP contribution in [0.15, 0.2) is 12.4 Å². The van der Waals surface area contributed by atoms with Crippen LogP contribution in [0.4, 0.5) is 0 Å². The van der Waals surface area contributed by atoms with E-state index in [2.05, 4.69) is 15.2 Å². The van der Waals surface area contributed by atoms with Crippen molar-refractivity contribution in [2.75, 3.05) is 0 Å². The minimum atomic E-state index is -1.08. The number of nitrogens with zero attached hydrogens (tertiary/aromatic N) is 5. The highest BCUT2D eigenvalue weighted by Crippen LogP contribution is 2.21. The Morgan fingerprint density at radius 1 is 1.40 bits per heavy atom. The summed E-state index contributed by atoms with van der Waals surface area (Å²) in [4.78, 5) is 15.4. The molecule has 2 aromatic heterocycles. The first-order chi connectivity index (χ1) is 9.63. The molecule has 0 aliphatic rings. The summed E-state index contributed by atoms with van der Waals surface area (Å²) in [7, 11) is 0. The monoisotopic (exact) mass is 271 g/mol. The fourth-order valence-electron chi connectivity index (χ4n) is 2.11. The summed E-state index contributed by atoms with van der Waals surface area (Å²) in [5.41, 5.74) is 1.38. The minimum absolute atomic E-state index is 0.0769. The Morgan fingerprint density at radius 2 is 2.15 bits per heavy atom. The third-order valence-corrected chi connectivity index (χ3v) is 3.01. The topological polar surface area (TPSA) is 105 Å². The Kier molecular flexibility index (Phi) is 3.75. The van der Waals surface area contributed by atoms with Crippen LogP contribution in [0.25, 0.3) is 5.82 Å². The Labute approximate surface area is 115 Å². The SMILES string of the molecule is CCc1nnc(-n2ccnc2C#N)c(C(=O)O)c1CC. The Hall–Kier alpha value is -2.75. The normalized spacial score (nSPS) is 10.2. The van der Waals surface area contributed by atoms with Crippen LogP contribution in [0.5, 0.6) is 0 Å². The van der Waals surface area contributed by atoms with E-state index in [0.29, 0.717) is 24.1 Å². The molecule has 0 spiro atoms. The van der Waals surface area contributed by atoms with Gasteiger partial charge in [0.25, 0.3) is 0 Å². The molecule has 0 bridgehead atoms. The number of rotatable bonds is 4. The van der Waals surface area contributed by atoms with Crippen LogP contribution in [0, 0.1) is 11.3 Å². The molecule has 0 radical (unpaired) electrons. The van der Waals surface area contributed by atoms with Gasteiger partial charge in [-0.1, -0.05) is 13.8 Å². The number of aryl methyl sites for hydroxylation is 1. The molecule has 102 valence electrons. The maximum absolute atomic E-state index is 11.6. The number of imidazole rings is 1. The molecule has 0 unspecified atom stereocenters. The highest BCUT2D eigenvalue weighted by Gasteiger charge is 2.22. The van der Waals surface area contributed by atoms with Crippen LogP contribution in [0.2, 0.25) is 0 Å². The van der Waals surface area contributed by atoms with Crippen LogP contribution >= 0.6 is 0 Å². The van der Waals surface area contributed by atoms with Gasteiger partial charge in [-0.2, -0.15) is 10.4 Å². The number of carboxylic acid groups (broad SMARTS) is 1. The fourth-order valence-corrected chi connectivity index (χ4v) is 2.11. The van der Waals surface area contributed by atoms with E-state index in [4.69, 9.17) is 5.26 Å². The van der Waals surface area contributed by atoms with Crippen LogP contribution in [0.3, 0.4) is 0 Å². The summed E-state index contributed by atoms with van der Waals surface area (Å²) in [5.74, 6) is -0.882. The summed E-state index contributed by atoms with van der Waals surface area (Å²) in [6, 6.07) is 1.90. The number of hydrogen-bond donors (Lipinski definition) is 1. The Balaban J connectivity index is 2.78. The van der Waals surface area contributed by atoms with E-state index in [1.807, 2.05) is 19.9 Å². The quantitative estimate of drug-likeness (QED) is 0.900. The Bertz CT molecular complexity index is 699. The van der Waals surface area contributed by atoms with E-state index >= 15 is 0 Å². The number of nitriles is 1. The molecule has 0 atom stereocenters. The standard InChI is InChI=1S/C13H13N5O2/c1-3-8-9(4-2)16-17-12(11(8)13(19)20)18-6-5-15-10(18)7-14/h5-6H,3-4H2,1-2H3,(H,19,20). The first-order valence-corrected chi connectivity index (χ1v) is 6.19. The van der Waals surface area contributed by atoms with Gasteiger partial charge in [-0.25, -0.2) is 9.78 Å². The molecular weight excluding hydrogens is 258 g/mol. The zero-order valence-corrected chi connectivity index (χ0v) is 11.2. The van der Waals surface area contributed by atoms with Crippen molar-refractivity contribution < 1.29 is 9.90 Å². The lowest BCUT2D eigenvalue weighted by atomic mass is 10.0. The van der Waals surface area contributed by atoms with E-state index in [1.165, 1.54) is 17.0 Å². The molecule has 0 amide bonds. The molecule has 0 aromatic carbocycles. The second-order valence-corrected chi connectivity index (χ2v) is 4.07. The number of carboxylic acids is 1. The summed E-state index contributed by atoms with van der Waals surface area (Å²) >= 11 is 0. The molecule has 2 heterocycles. The predicted octanol–water partition coefficient (Wildman–Crippen LogP) is 1.36. The first-order valence-electron chi connectivity index (χ1n) is 6.19.